The summed E-state index contributed by atoms with van der Waals surface area (Å²) in [6, 6.07) is 8.04. The van der Waals surface area contributed by atoms with E-state index in [1.54, 1.807) is 12.1 Å². The molecule has 0 aromatic heterocycles. The molecular weight excluding hydrogens is 290 g/mol. The van der Waals surface area contributed by atoms with Crippen molar-refractivity contribution in [2.45, 2.75) is 25.2 Å². The first kappa shape index (κ1) is 16.4. The van der Waals surface area contributed by atoms with Gasteiger partial charge in [0, 0.05) is 13.5 Å². The van der Waals surface area contributed by atoms with Gasteiger partial charge in [-0.1, -0.05) is 30.3 Å². The minimum atomic E-state index is -1.15. The molecule has 1 aromatic carbocycles. The highest BCUT2D eigenvalue weighted by Crippen LogP contribution is 2.29. The van der Waals surface area contributed by atoms with Crippen LogP contribution >= 0.6 is 0 Å². The third kappa shape index (κ3) is 3.27. The first-order chi connectivity index (χ1) is 10.5. The Balaban J connectivity index is 2.15. The van der Waals surface area contributed by atoms with Crippen LogP contribution in [-0.2, 0) is 20.9 Å². The number of likely N-dealkylation sites (tertiary alicyclic amines) is 1. The molecule has 0 saturated carbocycles. The molecule has 1 aliphatic rings. The summed E-state index contributed by atoms with van der Waals surface area (Å²) in [4.78, 5) is 23.9. The van der Waals surface area contributed by atoms with Gasteiger partial charge in [0.05, 0.1) is 0 Å². The lowest BCUT2D eigenvalue weighted by atomic mass is 10.2. The summed E-state index contributed by atoms with van der Waals surface area (Å²) in [7, 11) is 1.38. The predicted molar refractivity (Wildman–Crippen MR) is 75.7 cm³/mol. The maximum atomic E-state index is 12.5. The normalized spacial score (nSPS) is 27.5. The number of carboxylic acid groups (broad SMARTS) is 1. The summed E-state index contributed by atoms with van der Waals surface area (Å²) in [5.74, 6) is -1.15. The van der Waals surface area contributed by atoms with Gasteiger partial charge in [0.2, 0.25) is 6.04 Å². The highest BCUT2D eigenvalue weighted by Gasteiger charge is 2.57. The van der Waals surface area contributed by atoms with Gasteiger partial charge in [-0.2, -0.15) is 9.28 Å². The van der Waals surface area contributed by atoms with Crippen molar-refractivity contribution < 1.29 is 33.8 Å². The molecule has 1 fully saturated rings. The number of nitrogens with zero attached hydrogens (tertiary/aromatic N) is 1. The molecule has 1 aromatic rings. The van der Waals surface area contributed by atoms with Gasteiger partial charge in [0.1, 0.15) is 19.3 Å². The van der Waals surface area contributed by atoms with E-state index in [0.717, 1.165) is 5.56 Å². The molecule has 7 nitrogen and oxygen atoms in total. The second-order valence-electron chi connectivity index (χ2n) is 5.42. The molecule has 0 bridgehead atoms. The number of aliphatic carboxylic acids is 1. The quantitative estimate of drug-likeness (QED) is 0.787. The number of aliphatic hydroxyl groups excluding tert-OH is 1. The summed E-state index contributed by atoms with van der Waals surface area (Å²) in [5, 5.41) is 19.1. The third-order valence-corrected chi connectivity index (χ3v) is 3.84. The van der Waals surface area contributed by atoms with E-state index in [9.17, 15) is 19.8 Å². The van der Waals surface area contributed by atoms with Gasteiger partial charge in [-0.25, -0.2) is 4.79 Å². The number of quaternary nitrogens is 1. The van der Waals surface area contributed by atoms with Crippen molar-refractivity contribution in [1.82, 2.24) is 0 Å². The number of amides is 1. The van der Waals surface area contributed by atoms with Crippen molar-refractivity contribution in [3.8, 4) is 0 Å². The monoisotopic (exact) mass is 310 g/mol. The Morgan fingerprint density at radius 3 is 2.59 bits per heavy atom. The van der Waals surface area contributed by atoms with Gasteiger partial charge >= 0.3 is 12.1 Å². The molecule has 1 heterocycles. The van der Waals surface area contributed by atoms with Crippen molar-refractivity contribution in [3.63, 3.8) is 0 Å². The van der Waals surface area contributed by atoms with Crippen LogP contribution in [0.3, 0.4) is 0 Å². The first-order valence-corrected chi connectivity index (χ1v) is 6.97. The standard InChI is InChI=1S/C15H19NO6/c1-21-10-16(8-12(17)7-13(16)14(18)19)15(20)22-9-11-5-3-2-4-6-11/h2-6,12-13,17H,7-10H2,1H3/p+1/t12-,13+,16?/m1/s1. The number of carbonyl (C=O) groups is 2. The second kappa shape index (κ2) is 6.87. The van der Waals surface area contributed by atoms with Crippen LogP contribution in [-0.4, -0.2) is 59.3 Å². The molecule has 0 spiro atoms. The number of aliphatic hydroxyl groups is 1. The molecule has 3 atom stereocenters. The van der Waals surface area contributed by atoms with E-state index >= 15 is 0 Å². The largest absolute Gasteiger partial charge is 0.519 e. The van der Waals surface area contributed by atoms with E-state index in [1.807, 2.05) is 18.2 Å². The predicted octanol–water partition coefficient (Wildman–Crippen LogP) is 0.962. The molecule has 1 aliphatic heterocycles. The van der Waals surface area contributed by atoms with E-state index in [1.165, 1.54) is 7.11 Å². The lowest BCUT2D eigenvalue weighted by Crippen LogP contribution is -2.60. The number of methoxy groups -OCH3 is 1. The Kier molecular flexibility index (Phi) is 5.12. The molecule has 7 heteroatoms. The van der Waals surface area contributed by atoms with Crippen LogP contribution in [0.2, 0.25) is 0 Å². The summed E-state index contributed by atoms with van der Waals surface area (Å²) >= 11 is 0. The number of rotatable bonds is 5. The van der Waals surface area contributed by atoms with E-state index in [-0.39, 0.29) is 26.3 Å². The first-order valence-electron chi connectivity index (χ1n) is 6.97. The number of carboxylic acids is 1. The highest BCUT2D eigenvalue weighted by molar-refractivity contribution is 5.76. The van der Waals surface area contributed by atoms with Crippen LogP contribution in [0.15, 0.2) is 30.3 Å². The average molecular weight is 310 g/mol. The Hall–Kier alpha value is -1.96. The van der Waals surface area contributed by atoms with Gasteiger partial charge in [-0.3, -0.25) is 0 Å². The number of carbonyl (C=O) groups excluding carboxylic acids is 1. The zero-order valence-electron chi connectivity index (χ0n) is 12.3. The molecule has 1 saturated heterocycles. The van der Waals surface area contributed by atoms with Gasteiger partial charge in [-0.05, 0) is 5.56 Å². The SMILES string of the molecule is COC[N+]1(C(=O)OCc2ccccc2)C[C@H](O)C[C@H]1C(=O)O. The fraction of sp³-hybridized carbons (Fsp3) is 0.467. The molecule has 0 aliphatic carbocycles. The fourth-order valence-electron chi connectivity index (χ4n) is 2.82. The molecule has 120 valence electrons. The van der Waals surface area contributed by atoms with Gasteiger partial charge in [-0.15, -0.1) is 0 Å². The van der Waals surface area contributed by atoms with Crippen LogP contribution in [0.4, 0.5) is 4.79 Å². The number of hydrogen-bond acceptors (Lipinski definition) is 5. The van der Waals surface area contributed by atoms with Crippen LogP contribution in [0.25, 0.3) is 0 Å². The minimum absolute atomic E-state index is 0.000863. The Morgan fingerprint density at radius 2 is 2.00 bits per heavy atom. The Bertz CT molecular complexity index is 534. The smallest absolute Gasteiger partial charge is 0.477 e. The summed E-state index contributed by atoms with van der Waals surface area (Å²) < 4.78 is 9.75. The third-order valence-electron chi connectivity index (χ3n) is 3.84. The van der Waals surface area contributed by atoms with Crippen LogP contribution in [0.1, 0.15) is 12.0 Å². The molecule has 2 rings (SSSR count). The molecule has 1 amide bonds. The average Bonchev–Trinajstić information content (AvgIpc) is 2.84. The maximum Gasteiger partial charge on any atom is 0.519 e. The van der Waals surface area contributed by atoms with E-state index < -0.39 is 28.7 Å². The number of ether oxygens (including phenoxy) is 2. The number of benzene rings is 1. The van der Waals surface area contributed by atoms with E-state index in [0.29, 0.717) is 0 Å². The van der Waals surface area contributed by atoms with E-state index in [2.05, 4.69) is 0 Å². The van der Waals surface area contributed by atoms with E-state index in [4.69, 9.17) is 9.47 Å². The van der Waals surface area contributed by atoms with Gasteiger partial charge in [0.15, 0.2) is 6.73 Å². The number of hydrogen-bond donors (Lipinski definition) is 2. The summed E-state index contributed by atoms with van der Waals surface area (Å²) in [5.41, 5.74) is 0.804. The molecule has 1 unspecified atom stereocenters. The zero-order valence-corrected chi connectivity index (χ0v) is 12.3. The second-order valence-corrected chi connectivity index (χ2v) is 5.42. The highest BCUT2D eigenvalue weighted by atomic mass is 16.6. The van der Waals surface area contributed by atoms with Crippen molar-refractivity contribution in [1.29, 1.82) is 0 Å². The molecular formula is C15H20NO6+. The topological polar surface area (TPSA) is 93.1 Å². The summed E-state index contributed by atoms with van der Waals surface area (Å²) in [6.07, 6.45) is -1.57. The van der Waals surface area contributed by atoms with Gasteiger partial charge < -0.3 is 19.7 Å². The lowest BCUT2D eigenvalue weighted by Gasteiger charge is -2.32. The Morgan fingerprint density at radius 1 is 1.32 bits per heavy atom. The van der Waals surface area contributed by atoms with Crippen LogP contribution in [0.5, 0.6) is 0 Å². The molecule has 22 heavy (non-hydrogen) atoms. The lowest BCUT2D eigenvalue weighted by molar-refractivity contribution is -0.882. The van der Waals surface area contributed by atoms with Crippen LogP contribution in [0, 0.1) is 0 Å². The summed E-state index contributed by atoms with van der Waals surface area (Å²) in [6.45, 7) is -0.133. The Labute approximate surface area is 128 Å². The van der Waals surface area contributed by atoms with Gasteiger partial charge in [0.25, 0.3) is 0 Å². The van der Waals surface area contributed by atoms with Crippen molar-refractivity contribution in [2.24, 2.45) is 0 Å². The molecule has 0 radical (unpaired) electrons. The van der Waals surface area contributed by atoms with Crippen molar-refractivity contribution in [2.75, 3.05) is 20.4 Å². The van der Waals surface area contributed by atoms with Crippen molar-refractivity contribution >= 4 is 12.1 Å². The minimum Gasteiger partial charge on any atom is -0.477 e. The maximum absolute atomic E-state index is 12.5. The fourth-order valence-corrected chi connectivity index (χ4v) is 2.82. The molecule has 2 N–H and O–H groups in total. The van der Waals surface area contributed by atoms with Crippen LogP contribution < -0.4 is 0 Å². The van der Waals surface area contributed by atoms with Crippen molar-refractivity contribution in [3.05, 3.63) is 35.9 Å². The zero-order chi connectivity index (χ0) is 16.2.